The number of rotatable bonds is 6. The van der Waals surface area contributed by atoms with E-state index < -0.39 is 0 Å². The molecule has 4 aromatic carbocycles. The molecular formula is C39H25N4OPt2-3. The zero-order valence-electron chi connectivity index (χ0n) is 24.5. The van der Waals surface area contributed by atoms with Crippen molar-refractivity contribution in [2.24, 2.45) is 0 Å². The molecule has 0 bridgehead atoms. The molecule has 0 fully saturated rings. The van der Waals surface area contributed by atoms with Crippen LogP contribution in [-0.4, -0.2) is 21.5 Å². The third-order valence-corrected chi connectivity index (χ3v) is 6.61. The van der Waals surface area contributed by atoms with Gasteiger partial charge in [-0.3, -0.25) is 12.1 Å². The molecule has 0 atom stereocenters. The summed E-state index contributed by atoms with van der Waals surface area (Å²) in [5, 5.41) is 0. The van der Waals surface area contributed by atoms with Crippen molar-refractivity contribution in [3.05, 3.63) is 171 Å². The maximum atomic E-state index is 6.57. The Kier molecular flexibility index (Phi) is 12.4. The number of aromatic nitrogens is 2. The van der Waals surface area contributed by atoms with Gasteiger partial charge in [-0.2, -0.15) is 42.7 Å². The molecule has 0 unspecified atom stereocenters. The molecule has 7 rings (SSSR count). The van der Waals surface area contributed by atoms with Crippen molar-refractivity contribution in [3.63, 3.8) is 0 Å². The van der Waals surface area contributed by atoms with Gasteiger partial charge >= 0.3 is 21.1 Å². The predicted octanol–water partition coefficient (Wildman–Crippen LogP) is 8.10. The Balaban J connectivity index is 0.000000475. The fourth-order valence-corrected chi connectivity index (χ4v) is 4.53. The summed E-state index contributed by atoms with van der Waals surface area (Å²) in [6, 6.07) is 50.2. The molecule has 6 aromatic rings. The second kappa shape index (κ2) is 16.6. The molecule has 0 aliphatic carbocycles. The maximum Gasteiger partial charge on any atom is 4.00 e. The van der Waals surface area contributed by atoms with Crippen LogP contribution < -0.4 is 9.64 Å². The first kappa shape index (κ1) is 34.3. The third kappa shape index (κ3) is 8.55. The number of hydrogen-bond acceptors (Lipinski definition) is 4. The second-order valence-electron chi connectivity index (χ2n) is 9.69. The molecular weight excluding hydrogens is 931 g/mol. The summed E-state index contributed by atoms with van der Waals surface area (Å²) in [5.74, 6) is 1.15. The molecule has 1 aliphatic heterocycles. The molecule has 0 N–H and O–H groups in total. The molecule has 0 spiro atoms. The van der Waals surface area contributed by atoms with Gasteiger partial charge in [0.15, 0.2) is 0 Å². The number of nitrogens with zero attached hydrogens (tertiary/aromatic N) is 4. The molecule has 0 saturated heterocycles. The Bertz CT molecular complexity index is 1920. The van der Waals surface area contributed by atoms with E-state index in [0.717, 1.165) is 27.9 Å². The largest absolute Gasteiger partial charge is 4.00 e. The van der Waals surface area contributed by atoms with Gasteiger partial charge in [0, 0.05) is 39.2 Å². The van der Waals surface area contributed by atoms with E-state index in [-0.39, 0.29) is 42.1 Å². The summed E-state index contributed by atoms with van der Waals surface area (Å²) in [6.07, 6.45) is 15.8. The smallest absolute Gasteiger partial charge is 0.669 e. The molecule has 3 heterocycles. The van der Waals surface area contributed by atoms with Crippen molar-refractivity contribution in [2.75, 3.05) is 11.9 Å². The van der Waals surface area contributed by atoms with Crippen molar-refractivity contribution in [3.8, 4) is 51.1 Å². The summed E-state index contributed by atoms with van der Waals surface area (Å²) in [4.78, 5) is 8.50. The van der Waals surface area contributed by atoms with Gasteiger partial charge in [0.25, 0.3) is 0 Å². The molecule has 7 heteroatoms. The van der Waals surface area contributed by atoms with E-state index in [1.807, 2.05) is 115 Å². The van der Waals surface area contributed by atoms with Crippen molar-refractivity contribution in [1.29, 1.82) is 0 Å². The Hall–Kier alpha value is -4.61. The monoisotopic (exact) mass is 955 g/mol. The minimum absolute atomic E-state index is 0. The van der Waals surface area contributed by atoms with Crippen LogP contribution in [0.1, 0.15) is 0 Å². The van der Waals surface area contributed by atoms with E-state index in [2.05, 4.69) is 59.6 Å². The number of hydrogen-bond donors (Lipinski definition) is 0. The van der Waals surface area contributed by atoms with Gasteiger partial charge in [-0.05, 0) is 37.8 Å². The van der Waals surface area contributed by atoms with Gasteiger partial charge in [0.1, 0.15) is 0 Å². The minimum atomic E-state index is 0. The first-order valence-corrected chi connectivity index (χ1v) is 13.8. The Morgan fingerprint density at radius 2 is 1.61 bits per heavy atom. The number of anilines is 1. The van der Waals surface area contributed by atoms with Gasteiger partial charge in [-0.25, -0.2) is 23.2 Å². The van der Waals surface area contributed by atoms with E-state index in [4.69, 9.17) is 11.2 Å². The van der Waals surface area contributed by atoms with Crippen LogP contribution >= 0.6 is 0 Å². The Morgan fingerprint density at radius 3 is 2.35 bits per heavy atom. The fourth-order valence-electron chi connectivity index (χ4n) is 4.53. The van der Waals surface area contributed by atoms with E-state index >= 15 is 0 Å². The van der Waals surface area contributed by atoms with E-state index in [1.165, 1.54) is 0 Å². The summed E-state index contributed by atoms with van der Waals surface area (Å²) >= 11 is 0. The molecule has 0 saturated carbocycles. The van der Waals surface area contributed by atoms with Gasteiger partial charge in [-0.15, -0.1) is 41.6 Å². The first-order chi connectivity index (χ1) is 21.7. The summed E-state index contributed by atoms with van der Waals surface area (Å²) < 4.78 is 7.64. The van der Waals surface area contributed by atoms with Crippen molar-refractivity contribution < 1.29 is 46.9 Å². The number of pyridine rings is 1. The van der Waals surface area contributed by atoms with E-state index in [0.29, 0.717) is 22.8 Å². The average Bonchev–Trinajstić information content (AvgIpc) is 3.78. The summed E-state index contributed by atoms with van der Waals surface area (Å²) in [6.45, 7) is 1.97. The van der Waals surface area contributed by atoms with Crippen LogP contribution in [0.5, 0.6) is 11.5 Å². The van der Waals surface area contributed by atoms with Gasteiger partial charge in [-0.1, -0.05) is 41.6 Å². The van der Waals surface area contributed by atoms with Crippen LogP contribution in [0.3, 0.4) is 0 Å². The number of benzene rings is 4. The van der Waals surface area contributed by atoms with Gasteiger partial charge < -0.3 is 42.1 Å². The zero-order valence-corrected chi connectivity index (χ0v) is 29.1. The maximum absolute atomic E-state index is 6.57. The van der Waals surface area contributed by atoms with Crippen LogP contribution in [0.15, 0.2) is 128 Å². The summed E-state index contributed by atoms with van der Waals surface area (Å²) in [5.41, 5.74) is 6.28. The molecule has 1 aliphatic rings. The standard InChI is InChI=1S/C33H21N3O.C6H4N.2Pt/c1-35-19-20-36(24-35)28-12-8-14-30(23-28)37-29-13-7-11-27(21-29)33-22-26(17-18-34-33)32-16-6-5-15-31(32)25-9-3-2-4-10-25;1-2-7-5-3-4-6-7;;/h2-10,12-15,17-20,24H,1H3;3-6H;;/q-6;-1;;+4. The van der Waals surface area contributed by atoms with Gasteiger partial charge in [0.05, 0.1) is 0 Å². The van der Waals surface area contributed by atoms with Crippen molar-refractivity contribution in [1.82, 2.24) is 14.5 Å². The molecule has 0 radical (unpaired) electrons. The molecule has 46 heavy (non-hydrogen) atoms. The third-order valence-electron chi connectivity index (χ3n) is 6.61. The predicted molar refractivity (Wildman–Crippen MR) is 172 cm³/mol. The van der Waals surface area contributed by atoms with Crippen LogP contribution in [0, 0.1) is 49.5 Å². The Morgan fingerprint density at radius 1 is 0.804 bits per heavy atom. The average molecular weight is 956 g/mol. The van der Waals surface area contributed by atoms with Crippen LogP contribution in [0.2, 0.25) is 0 Å². The van der Waals surface area contributed by atoms with Crippen LogP contribution in [0.4, 0.5) is 5.69 Å². The fraction of sp³-hybridized carbons (Fsp3) is 0.0256. The van der Waals surface area contributed by atoms with Crippen LogP contribution in [-0.2, 0) is 42.1 Å². The van der Waals surface area contributed by atoms with E-state index in [9.17, 15) is 0 Å². The van der Waals surface area contributed by atoms with Gasteiger partial charge in [0.2, 0.25) is 0 Å². The molecule has 2 aromatic heterocycles. The summed E-state index contributed by atoms with van der Waals surface area (Å²) in [7, 11) is 1.98. The molecule has 5 nitrogen and oxygen atoms in total. The van der Waals surface area contributed by atoms with E-state index in [1.54, 1.807) is 23.2 Å². The number of ether oxygens (including phenoxy) is 1. The minimum Gasteiger partial charge on any atom is -0.669 e. The second-order valence-corrected chi connectivity index (χ2v) is 9.69. The first-order valence-electron chi connectivity index (χ1n) is 13.8. The van der Waals surface area contributed by atoms with Crippen LogP contribution in [0.25, 0.3) is 33.5 Å². The SMILES string of the molecule is CN1C=CN(c2[c-]c(Oc3[c-]c(-c4[c-]c(-c5[c-]cccc5-c5ccccc5)ccn4)[c-]cc3)ccc2)[CH-]1.[C-]#Cn1cccc1.[Pt+4].[Pt]. The van der Waals surface area contributed by atoms with Crippen molar-refractivity contribution in [2.45, 2.75) is 0 Å². The molecule has 0 amide bonds. The van der Waals surface area contributed by atoms with Crippen molar-refractivity contribution >= 4 is 5.69 Å². The molecule has 230 valence electrons. The normalized spacial score (nSPS) is 11.4. The topological polar surface area (TPSA) is 33.5 Å². The Labute approximate surface area is 299 Å². The quantitative estimate of drug-likeness (QED) is 0.125. The zero-order chi connectivity index (χ0) is 30.1.